The van der Waals surface area contributed by atoms with Gasteiger partial charge in [0.15, 0.2) is 5.79 Å². The van der Waals surface area contributed by atoms with Crippen molar-refractivity contribution in [3.05, 3.63) is 0 Å². The first-order valence-corrected chi connectivity index (χ1v) is 16.1. The van der Waals surface area contributed by atoms with Crippen molar-refractivity contribution >= 4 is 0 Å². The highest BCUT2D eigenvalue weighted by molar-refractivity contribution is 5.11. The maximum atomic E-state index is 7.78. The monoisotopic (exact) mass is 518 g/mol. The van der Waals surface area contributed by atoms with Gasteiger partial charge in [-0.25, -0.2) is 0 Å². The highest BCUT2D eigenvalue weighted by Gasteiger charge is 2.59. The number of rotatable bonds is 2. The van der Waals surface area contributed by atoms with Gasteiger partial charge in [0, 0.05) is 41.4 Å². The molecule has 0 bridgehead atoms. The molecule has 4 heteroatoms. The van der Waals surface area contributed by atoms with E-state index < -0.39 is 5.79 Å². The molecule has 0 radical (unpaired) electrons. The van der Waals surface area contributed by atoms with E-state index in [0.717, 1.165) is 25.9 Å². The molecule has 0 aromatic heterocycles. The van der Waals surface area contributed by atoms with Crippen LogP contribution in [0.3, 0.4) is 0 Å². The summed E-state index contributed by atoms with van der Waals surface area (Å²) in [4.78, 5) is 0. The molecule has 4 rings (SSSR count). The second kappa shape index (κ2) is 11.0. The highest BCUT2D eigenvalue weighted by Crippen LogP contribution is 2.55. The number of ether oxygens (including phenoxy) is 2. The van der Waals surface area contributed by atoms with Gasteiger partial charge in [-0.2, -0.15) is 0 Å². The van der Waals surface area contributed by atoms with E-state index in [0.29, 0.717) is 11.8 Å². The van der Waals surface area contributed by atoms with Crippen LogP contribution in [0.15, 0.2) is 0 Å². The Kier molecular flexibility index (Phi) is 8.88. The van der Waals surface area contributed by atoms with Gasteiger partial charge in [-0.05, 0) is 106 Å². The predicted octanol–water partition coefficient (Wildman–Crippen LogP) is 8.28. The van der Waals surface area contributed by atoms with Gasteiger partial charge in [0.1, 0.15) is 0 Å². The molecule has 4 nitrogen and oxygen atoms in total. The summed E-state index contributed by atoms with van der Waals surface area (Å²) in [5.74, 6) is 0.682. The molecule has 1 aliphatic carbocycles. The Morgan fingerprint density at radius 2 is 0.838 bits per heavy atom. The molecule has 2 N–H and O–H groups in total. The third-order valence-corrected chi connectivity index (χ3v) is 10.1. The topological polar surface area (TPSA) is 42.5 Å². The quantitative estimate of drug-likeness (QED) is 0.386. The van der Waals surface area contributed by atoms with Gasteiger partial charge in [0.2, 0.25) is 0 Å². The molecular formula is C33H62N2O2. The van der Waals surface area contributed by atoms with Crippen LogP contribution in [0.4, 0.5) is 0 Å². The lowest BCUT2D eigenvalue weighted by Gasteiger charge is -2.62. The third kappa shape index (κ3) is 7.53. The predicted molar refractivity (Wildman–Crippen MR) is 156 cm³/mol. The average molecular weight is 519 g/mol. The summed E-state index contributed by atoms with van der Waals surface area (Å²) in [6, 6.07) is 0. The van der Waals surface area contributed by atoms with E-state index in [-0.39, 0.29) is 27.8 Å². The van der Waals surface area contributed by atoms with Crippen molar-refractivity contribution in [3.8, 4) is 0 Å². The van der Waals surface area contributed by atoms with Gasteiger partial charge in [-0.1, -0.05) is 44.9 Å². The van der Waals surface area contributed by atoms with Crippen LogP contribution in [-0.2, 0) is 9.47 Å². The van der Waals surface area contributed by atoms with Crippen LogP contribution in [0.5, 0.6) is 0 Å². The minimum absolute atomic E-state index is 0.110. The van der Waals surface area contributed by atoms with Gasteiger partial charge in [-0.15, -0.1) is 0 Å². The Morgan fingerprint density at radius 1 is 0.486 bits per heavy atom. The van der Waals surface area contributed by atoms with E-state index in [4.69, 9.17) is 9.47 Å². The molecule has 37 heavy (non-hydrogen) atoms. The molecule has 3 heterocycles. The van der Waals surface area contributed by atoms with Crippen LogP contribution in [-0.4, -0.2) is 40.2 Å². The van der Waals surface area contributed by atoms with E-state index in [1.807, 2.05) is 0 Å². The molecule has 216 valence electrons. The normalized spacial score (nSPS) is 32.8. The van der Waals surface area contributed by atoms with Gasteiger partial charge >= 0.3 is 0 Å². The smallest absolute Gasteiger partial charge is 0.169 e. The van der Waals surface area contributed by atoms with Crippen LogP contribution in [0.25, 0.3) is 0 Å². The van der Waals surface area contributed by atoms with Crippen molar-refractivity contribution in [1.82, 2.24) is 10.6 Å². The fourth-order valence-corrected chi connectivity index (χ4v) is 9.46. The Morgan fingerprint density at radius 3 is 1.22 bits per heavy atom. The summed E-state index contributed by atoms with van der Waals surface area (Å²) >= 11 is 0. The molecule has 3 aliphatic heterocycles. The van der Waals surface area contributed by atoms with E-state index in [9.17, 15) is 0 Å². The summed E-state index contributed by atoms with van der Waals surface area (Å²) in [6.45, 7) is 20.2. The molecule has 0 aromatic carbocycles. The lowest BCUT2D eigenvalue weighted by molar-refractivity contribution is -0.365. The molecular weight excluding hydrogens is 456 g/mol. The van der Waals surface area contributed by atoms with Crippen molar-refractivity contribution in [3.63, 3.8) is 0 Å². The standard InChI is InChI=1S/C33H62N2O2/c1-28(2)22-26(23-29(3,4)34-28)33(27-24-30(5,6)35-31(7,8)25-27)20-21-36-32(37-33)18-16-14-12-10-9-11-13-15-17-19-32/h26-27,34-35H,9-25H2,1-8H3. The largest absolute Gasteiger partial charge is 0.350 e. The zero-order valence-corrected chi connectivity index (χ0v) is 26.0. The van der Waals surface area contributed by atoms with Crippen LogP contribution in [0.2, 0.25) is 0 Å². The van der Waals surface area contributed by atoms with Gasteiger partial charge in [0.25, 0.3) is 0 Å². The van der Waals surface area contributed by atoms with Crippen molar-refractivity contribution < 1.29 is 9.47 Å². The lowest BCUT2D eigenvalue weighted by Crippen LogP contribution is -2.69. The number of nitrogens with one attached hydrogen (secondary N) is 2. The molecule has 4 fully saturated rings. The lowest BCUT2D eigenvalue weighted by atomic mass is 9.58. The molecule has 4 aliphatic rings. The fraction of sp³-hybridized carbons (Fsp3) is 1.00. The maximum absolute atomic E-state index is 7.78. The fourth-order valence-electron chi connectivity index (χ4n) is 9.46. The molecule has 1 spiro atoms. The SMILES string of the molecule is CC1(C)CC(C2(C3CC(C)(C)NC(C)(C)C3)CCOC3(CCCCCCCCCCC3)O2)CC(C)(C)N1. The summed E-state index contributed by atoms with van der Waals surface area (Å²) in [7, 11) is 0. The molecule has 1 saturated carbocycles. The molecule has 3 saturated heterocycles. The van der Waals surface area contributed by atoms with E-state index >= 15 is 0 Å². The third-order valence-electron chi connectivity index (χ3n) is 10.1. The van der Waals surface area contributed by atoms with E-state index in [1.54, 1.807) is 0 Å². The van der Waals surface area contributed by atoms with Gasteiger partial charge in [-0.3, -0.25) is 0 Å². The zero-order chi connectivity index (χ0) is 27.0. The van der Waals surface area contributed by atoms with Crippen LogP contribution < -0.4 is 10.6 Å². The Balaban J connectivity index is 1.71. The van der Waals surface area contributed by atoms with Gasteiger partial charge < -0.3 is 20.1 Å². The average Bonchev–Trinajstić information content (AvgIpc) is 2.72. The van der Waals surface area contributed by atoms with Crippen molar-refractivity contribution in [2.75, 3.05) is 6.61 Å². The number of piperidine rings is 2. The second-order valence-corrected chi connectivity index (χ2v) is 16.2. The summed E-state index contributed by atoms with van der Waals surface area (Å²) in [6.07, 6.45) is 20.0. The molecule has 0 unspecified atom stereocenters. The van der Waals surface area contributed by atoms with Crippen molar-refractivity contribution in [2.24, 2.45) is 11.8 Å². The van der Waals surface area contributed by atoms with Gasteiger partial charge in [0.05, 0.1) is 12.2 Å². The van der Waals surface area contributed by atoms with E-state index in [2.05, 4.69) is 66.0 Å². The summed E-state index contributed by atoms with van der Waals surface area (Å²) < 4.78 is 14.6. The number of hydrogen-bond donors (Lipinski definition) is 2. The highest BCUT2D eigenvalue weighted by atomic mass is 16.7. The van der Waals surface area contributed by atoms with Crippen LogP contribution >= 0.6 is 0 Å². The summed E-state index contributed by atoms with van der Waals surface area (Å²) in [5, 5.41) is 7.94. The molecule has 0 aromatic rings. The minimum Gasteiger partial charge on any atom is -0.350 e. The first kappa shape index (κ1) is 29.8. The first-order valence-electron chi connectivity index (χ1n) is 16.1. The van der Waals surface area contributed by atoms with Crippen LogP contribution in [0, 0.1) is 11.8 Å². The molecule has 0 amide bonds. The zero-order valence-electron chi connectivity index (χ0n) is 26.0. The van der Waals surface area contributed by atoms with Crippen molar-refractivity contribution in [1.29, 1.82) is 0 Å². The number of hydrogen-bond acceptors (Lipinski definition) is 4. The Hall–Kier alpha value is -0.160. The Labute approximate surface area is 230 Å². The van der Waals surface area contributed by atoms with Crippen LogP contribution in [0.1, 0.15) is 158 Å². The maximum Gasteiger partial charge on any atom is 0.169 e. The first-order chi connectivity index (χ1) is 17.2. The second-order valence-electron chi connectivity index (χ2n) is 16.2. The minimum atomic E-state index is -0.393. The Bertz CT molecular complexity index is 673. The summed E-state index contributed by atoms with van der Waals surface area (Å²) in [5.41, 5.74) is 0.317. The van der Waals surface area contributed by atoms with E-state index in [1.165, 1.54) is 83.5 Å². The molecule has 0 atom stereocenters. The van der Waals surface area contributed by atoms with Crippen molar-refractivity contribution in [2.45, 2.75) is 192 Å².